The third-order valence-electron chi connectivity index (χ3n) is 2.18. The average molecular weight is 180 g/mol. The third kappa shape index (κ3) is 1.62. The Bertz CT molecular complexity index is 310. The van der Waals surface area contributed by atoms with E-state index in [0.29, 0.717) is 19.1 Å². The molecule has 0 aliphatic carbocycles. The number of hydrogen-bond donors (Lipinski definition) is 0. The van der Waals surface area contributed by atoms with Gasteiger partial charge in [0.25, 0.3) is 0 Å². The van der Waals surface area contributed by atoms with E-state index in [2.05, 4.69) is 9.97 Å². The van der Waals surface area contributed by atoms with Gasteiger partial charge in [0.2, 0.25) is 5.88 Å². The van der Waals surface area contributed by atoms with E-state index in [1.54, 1.807) is 0 Å². The van der Waals surface area contributed by atoms with E-state index in [9.17, 15) is 0 Å². The Labute approximate surface area is 76.9 Å². The van der Waals surface area contributed by atoms with Crippen molar-refractivity contribution in [2.75, 3.05) is 13.2 Å². The van der Waals surface area contributed by atoms with Crippen LogP contribution in [0.25, 0.3) is 0 Å². The summed E-state index contributed by atoms with van der Waals surface area (Å²) in [6.45, 7) is 5.25. The Hall–Kier alpha value is -1.16. The standard InChI is InChI=1S/C9H12N2O2/c1-6-7(2)10-5-11-9(6)13-8-3-12-4-8/h5,8H,3-4H2,1-2H3. The predicted molar refractivity (Wildman–Crippen MR) is 46.7 cm³/mol. The summed E-state index contributed by atoms with van der Waals surface area (Å²) < 4.78 is 10.6. The van der Waals surface area contributed by atoms with Crippen molar-refractivity contribution in [3.8, 4) is 5.88 Å². The number of ether oxygens (including phenoxy) is 2. The molecule has 70 valence electrons. The van der Waals surface area contributed by atoms with E-state index in [4.69, 9.17) is 9.47 Å². The summed E-state index contributed by atoms with van der Waals surface area (Å²) in [6.07, 6.45) is 1.70. The van der Waals surface area contributed by atoms with Crippen LogP contribution in [-0.2, 0) is 4.74 Å². The molecule has 1 aromatic rings. The highest BCUT2D eigenvalue weighted by Crippen LogP contribution is 2.18. The van der Waals surface area contributed by atoms with Gasteiger partial charge in [0.1, 0.15) is 12.4 Å². The van der Waals surface area contributed by atoms with E-state index in [1.807, 2.05) is 13.8 Å². The number of hydrogen-bond acceptors (Lipinski definition) is 4. The summed E-state index contributed by atoms with van der Waals surface area (Å²) in [6, 6.07) is 0. The van der Waals surface area contributed by atoms with Crippen LogP contribution in [0.2, 0.25) is 0 Å². The molecular formula is C9H12N2O2. The van der Waals surface area contributed by atoms with Gasteiger partial charge in [-0.3, -0.25) is 0 Å². The predicted octanol–water partition coefficient (Wildman–Crippen LogP) is 0.871. The first kappa shape index (κ1) is 8.44. The number of nitrogens with zero attached hydrogens (tertiary/aromatic N) is 2. The highest BCUT2D eigenvalue weighted by Gasteiger charge is 2.21. The van der Waals surface area contributed by atoms with Crippen LogP contribution in [0.15, 0.2) is 6.33 Å². The van der Waals surface area contributed by atoms with Gasteiger partial charge < -0.3 is 9.47 Å². The molecule has 1 fully saturated rings. The fourth-order valence-electron chi connectivity index (χ4n) is 1.08. The molecule has 0 radical (unpaired) electrons. The molecule has 1 saturated heterocycles. The highest BCUT2D eigenvalue weighted by molar-refractivity contribution is 5.27. The monoisotopic (exact) mass is 180 g/mol. The van der Waals surface area contributed by atoms with Crippen LogP contribution >= 0.6 is 0 Å². The molecule has 0 atom stereocenters. The minimum absolute atomic E-state index is 0.174. The fraction of sp³-hybridized carbons (Fsp3) is 0.556. The smallest absolute Gasteiger partial charge is 0.220 e. The number of aromatic nitrogens is 2. The van der Waals surface area contributed by atoms with Gasteiger partial charge in [-0.1, -0.05) is 0 Å². The second-order valence-electron chi connectivity index (χ2n) is 3.17. The molecule has 0 aromatic carbocycles. The molecule has 0 N–H and O–H groups in total. The van der Waals surface area contributed by atoms with E-state index >= 15 is 0 Å². The topological polar surface area (TPSA) is 44.2 Å². The van der Waals surface area contributed by atoms with Gasteiger partial charge in [-0.15, -0.1) is 0 Å². The summed E-state index contributed by atoms with van der Waals surface area (Å²) in [4.78, 5) is 8.14. The van der Waals surface area contributed by atoms with E-state index in [-0.39, 0.29) is 6.10 Å². The second-order valence-corrected chi connectivity index (χ2v) is 3.17. The summed E-state index contributed by atoms with van der Waals surface area (Å²) >= 11 is 0. The van der Waals surface area contributed by atoms with Crippen molar-refractivity contribution in [1.29, 1.82) is 0 Å². The lowest BCUT2D eigenvalue weighted by atomic mass is 10.2. The van der Waals surface area contributed by atoms with Crippen LogP contribution in [0, 0.1) is 13.8 Å². The lowest BCUT2D eigenvalue weighted by Crippen LogP contribution is -2.39. The molecule has 1 aliphatic heterocycles. The molecule has 0 bridgehead atoms. The molecule has 4 nitrogen and oxygen atoms in total. The molecule has 1 aliphatic rings. The zero-order valence-electron chi connectivity index (χ0n) is 7.78. The molecular weight excluding hydrogens is 168 g/mol. The maximum Gasteiger partial charge on any atom is 0.220 e. The highest BCUT2D eigenvalue weighted by atomic mass is 16.6. The summed E-state index contributed by atoms with van der Waals surface area (Å²) in [7, 11) is 0. The lowest BCUT2D eigenvalue weighted by molar-refractivity contribution is -0.0816. The van der Waals surface area contributed by atoms with Crippen molar-refractivity contribution in [2.45, 2.75) is 20.0 Å². The first-order valence-electron chi connectivity index (χ1n) is 4.30. The van der Waals surface area contributed by atoms with Crippen LogP contribution in [0.4, 0.5) is 0 Å². The zero-order valence-corrected chi connectivity index (χ0v) is 7.78. The first-order valence-corrected chi connectivity index (χ1v) is 4.30. The van der Waals surface area contributed by atoms with Crippen molar-refractivity contribution in [2.24, 2.45) is 0 Å². The van der Waals surface area contributed by atoms with E-state index in [1.165, 1.54) is 6.33 Å². The first-order chi connectivity index (χ1) is 6.27. The minimum Gasteiger partial charge on any atom is -0.469 e. The van der Waals surface area contributed by atoms with Crippen LogP contribution < -0.4 is 4.74 Å². The van der Waals surface area contributed by atoms with Crippen LogP contribution in [0.1, 0.15) is 11.3 Å². The average Bonchev–Trinajstić information content (AvgIpc) is 2.04. The van der Waals surface area contributed by atoms with Crippen molar-refractivity contribution in [3.05, 3.63) is 17.6 Å². The molecule has 2 heterocycles. The Morgan fingerprint density at radius 2 is 2.15 bits per heavy atom. The Balaban J connectivity index is 2.14. The van der Waals surface area contributed by atoms with Gasteiger partial charge >= 0.3 is 0 Å². The van der Waals surface area contributed by atoms with Crippen LogP contribution in [-0.4, -0.2) is 29.3 Å². The zero-order chi connectivity index (χ0) is 9.26. The fourth-order valence-corrected chi connectivity index (χ4v) is 1.08. The quantitative estimate of drug-likeness (QED) is 0.677. The minimum atomic E-state index is 0.174. The van der Waals surface area contributed by atoms with E-state index < -0.39 is 0 Å². The molecule has 4 heteroatoms. The summed E-state index contributed by atoms with van der Waals surface area (Å²) in [5.41, 5.74) is 1.97. The van der Waals surface area contributed by atoms with Crippen molar-refractivity contribution >= 4 is 0 Å². The molecule has 0 amide bonds. The van der Waals surface area contributed by atoms with Gasteiger partial charge in [-0.2, -0.15) is 0 Å². The Morgan fingerprint density at radius 1 is 1.38 bits per heavy atom. The maximum absolute atomic E-state index is 5.59. The van der Waals surface area contributed by atoms with Gasteiger partial charge in [-0.05, 0) is 13.8 Å². The van der Waals surface area contributed by atoms with Gasteiger partial charge in [0, 0.05) is 11.3 Å². The van der Waals surface area contributed by atoms with Gasteiger partial charge in [0.05, 0.1) is 13.2 Å². The van der Waals surface area contributed by atoms with Crippen LogP contribution in [0.5, 0.6) is 5.88 Å². The molecule has 2 rings (SSSR count). The van der Waals surface area contributed by atoms with Crippen molar-refractivity contribution < 1.29 is 9.47 Å². The van der Waals surface area contributed by atoms with E-state index in [0.717, 1.165) is 11.3 Å². The SMILES string of the molecule is Cc1ncnc(OC2COC2)c1C. The third-order valence-corrected chi connectivity index (χ3v) is 2.18. The molecule has 13 heavy (non-hydrogen) atoms. The normalized spacial score (nSPS) is 16.8. The second kappa shape index (κ2) is 3.30. The largest absolute Gasteiger partial charge is 0.469 e. The van der Waals surface area contributed by atoms with Crippen molar-refractivity contribution in [1.82, 2.24) is 9.97 Å². The van der Waals surface area contributed by atoms with Crippen LogP contribution in [0.3, 0.4) is 0 Å². The molecule has 1 aromatic heterocycles. The number of aryl methyl sites for hydroxylation is 1. The molecule has 0 saturated carbocycles. The van der Waals surface area contributed by atoms with Gasteiger partial charge in [0.15, 0.2) is 0 Å². The lowest BCUT2D eigenvalue weighted by Gasteiger charge is -2.26. The number of rotatable bonds is 2. The molecule has 0 spiro atoms. The molecule has 0 unspecified atom stereocenters. The Morgan fingerprint density at radius 3 is 2.77 bits per heavy atom. The Kier molecular flexibility index (Phi) is 2.14. The summed E-state index contributed by atoms with van der Waals surface area (Å²) in [5, 5.41) is 0. The maximum atomic E-state index is 5.59. The van der Waals surface area contributed by atoms with Gasteiger partial charge in [-0.25, -0.2) is 9.97 Å². The summed E-state index contributed by atoms with van der Waals surface area (Å²) in [5.74, 6) is 0.681. The van der Waals surface area contributed by atoms with Crippen molar-refractivity contribution in [3.63, 3.8) is 0 Å².